The Morgan fingerprint density at radius 1 is 1.55 bits per heavy atom. The summed E-state index contributed by atoms with van der Waals surface area (Å²) in [5, 5.41) is 22.4. The first-order valence-corrected chi connectivity index (χ1v) is 6.12. The minimum Gasteiger partial charge on any atom is -0.395 e. The number of piperidine rings is 1. The monoisotopic (exact) mass is 278 g/mol. The van der Waals surface area contributed by atoms with Gasteiger partial charge in [0.1, 0.15) is 10.5 Å². The molecular weight excluding hydrogens is 264 g/mol. The van der Waals surface area contributed by atoms with E-state index in [-0.39, 0.29) is 5.76 Å². The van der Waals surface area contributed by atoms with Crippen LogP contribution in [0.3, 0.4) is 0 Å². The van der Waals surface area contributed by atoms with E-state index < -0.39 is 22.3 Å². The van der Waals surface area contributed by atoms with Crippen LogP contribution in [0.2, 0.25) is 0 Å². The van der Waals surface area contributed by atoms with Crippen molar-refractivity contribution in [2.45, 2.75) is 18.4 Å². The second-order valence-electron chi connectivity index (χ2n) is 4.85. The molecule has 0 aromatic carbocycles. The van der Waals surface area contributed by atoms with Crippen LogP contribution in [0.25, 0.3) is 0 Å². The van der Waals surface area contributed by atoms with Gasteiger partial charge < -0.3 is 14.6 Å². The normalized spacial score (nSPS) is 18.2. The molecule has 1 amide bonds. The van der Waals surface area contributed by atoms with Crippen molar-refractivity contribution in [2.75, 3.05) is 20.1 Å². The van der Waals surface area contributed by atoms with Crippen LogP contribution in [0.1, 0.15) is 23.4 Å². The summed E-state index contributed by atoms with van der Waals surface area (Å²) >= 11 is 0. The van der Waals surface area contributed by atoms with Crippen LogP contribution in [0.5, 0.6) is 0 Å². The molecule has 1 aliphatic rings. The van der Waals surface area contributed by atoms with E-state index in [0.717, 1.165) is 6.07 Å². The van der Waals surface area contributed by atoms with Crippen LogP contribution in [0.4, 0.5) is 5.88 Å². The molecule has 0 atom stereocenters. The Morgan fingerprint density at radius 2 is 2.20 bits per heavy atom. The lowest BCUT2D eigenvalue weighted by Gasteiger charge is -2.35. The predicted octanol–water partition coefficient (Wildman–Crippen LogP) is 0.906. The molecule has 0 radical (unpaired) electrons. The molecule has 0 aliphatic carbocycles. The molecule has 1 aromatic heterocycles. The van der Waals surface area contributed by atoms with Crippen molar-refractivity contribution < 1.29 is 14.1 Å². The molecule has 2 heterocycles. The molecule has 0 spiro atoms. The third-order valence-corrected chi connectivity index (χ3v) is 3.40. The fraction of sp³-hybridized carbons (Fsp3) is 0.500. The van der Waals surface area contributed by atoms with E-state index in [4.69, 9.17) is 4.42 Å². The van der Waals surface area contributed by atoms with Crippen molar-refractivity contribution in [1.82, 2.24) is 10.2 Å². The maximum absolute atomic E-state index is 12.0. The first-order valence-electron chi connectivity index (χ1n) is 6.12. The Morgan fingerprint density at radius 3 is 2.70 bits per heavy atom. The quantitative estimate of drug-likeness (QED) is 0.649. The Kier molecular flexibility index (Phi) is 3.72. The Bertz CT molecular complexity index is 566. The number of hydrogen-bond donors (Lipinski definition) is 1. The molecule has 1 N–H and O–H groups in total. The highest BCUT2D eigenvalue weighted by Crippen LogP contribution is 2.22. The Labute approximate surface area is 115 Å². The fourth-order valence-corrected chi connectivity index (χ4v) is 2.09. The van der Waals surface area contributed by atoms with E-state index in [1.54, 1.807) is 0 Å². The smallest absolute Gasteiger partial charge is 0.395 e. The van der Waals surface area contributed by atoms with Crippen molar-refractivity contribution in [1.29, 1.82) is 5.26 Å². The van der Waals surface area contributed by atoms with Crippen LogP contribution in [-0.4, -0.2) is 41.4 Å². The average molecular weight is 278 g/mol. The zero-order valence-electron chi connectivity index (χ0n) is 11.0. The molecule has 1 saturated heterocycles. The number of carbonyl (C=O) groups is 1. The summed E-state index contributed by atoms with van der Waals surface area (Å²) in [6.45, 7) is 1.40. The number of furan rings is 1. The van der Waals surface area contributed by atoms with E-state index in [0.29, 0.717) is 25.9 Å². The van der Waals surface area contributed by atoms with E-state index in [1.165, 1.54) is 6.07 Å². The first-order chi connectivity index (χ1) is 9.46. The van der Waals surface area contributed by atoms with E-state index in [1.807, 2.05) is 7.05 Å². The molecule has 8 heteroatoms. The van der Waals surface area contributed by atoms with Crippen LogP contribution in [-0.2, 0) is 0 Å². The van der Waals surface area contributed by atoms with Gasteiger partial charge in [-0.2, -0.15) is 5.26 Å². The average Bonchev–Trinajstić information content (AvgIpc) is 2.92. The van der Waals surface area contributed by atoms with Gasteiger partial charge in [-0.1, -0.05) is 0 Å². The van der Waals surface area contributed by atoms with Gasteiger partial charge in [0.05, 0.1) is 12.1 Å². The van der Waals surface area contributed by atoms with Crippen molar-refractivity contribution >= 4 is 11.8 Å². The largest absolute Gasteiger partial charge is 0.433 e. The SMILES string of the molecule is CN1CCC(C#N)(NC(=O)c2ccc([N+](=O)[O-])o2)CC1. The number of hydrogen-bond acceptors (Lipinski definition) is 6. The Balaban J connectivity index is 2.09. The minimum atomic E-state index is -0.939. The fourth-order valence-electron chi connectivity index (χ4n) is 2.09. The van der Waals surface area contributed by atoms with Gasteiger partial charge in [-0.15, -0.1) is 0 Å². The lowest BCUT2D eigenvalue weighted by atomic mass is 9.89. The summed E-state index contributed by atoms with van der Waals surface area (Å²) in [5.41, 5.74) is -0.939. The zero-order chi connectivity index (χ0) is 14.8. The van der Waals surface area contributed by atoms with Crippen LogP contribution < -0.4 is 5.32 Å². The lowest BCUT2D eigenvalue weighted by Crippen LogP contribution is -2.53. The second kappa shape index (κ2) is 5.30. The molecule has 1 fully saturated rings. The third-order valence-electron chi connectivity index (χ3n) is 3.40. The number of nitrogens with one attached hydrogen (secondary N) is 1. The van der Waals surface area contributed by atoms with Crippen molar-refractivity contribution in [3.63, 3.8) is 0 Å². The maximum Gasteiger partial charge on any atom is 0.433 e. The topological polar surface area (TPSA) is 112 Å². The third kappa shape index (κ3) is 2.78. The van der Waals surface area contributed by atoms with Gasteiger partial charge >= 0.3 is 5.88 Å². The molecule has 1 aromatic rings. The highest BCUT2D eigenvalue weighted by Gasteiger charge is 2.36. The number of nitro groups is 1. The zero-order valence-corrected chi connectivity index (χ0v) is 11.0. The number of carbonyl (C=O) groups excluding carboxylic acids is 1. The van der Waals surface area contributed by atoms with Crippen molar-refractivity contribution in [3.05, 3.63) is 28.0 Å². The first kappa shape index (κ1) is 14.0. The number of nitriles is 1. The summed E-state index contributed by atoms with van der Waals surface area (Å²) in [6.07, 6.45) is 1.02. The van der Waals surface area contributed by atoms with Gasteiger partial charge in [-0.05, 0) is 26.0 Å². The van der Waals surface area contributed by atoms with Crippen molar-refractivity contribution in [2.24, 2.45) is 0 Å². The standard InChI is InChI=1S/C12H14N4O4/c1-15-6-4-12(8-13,5-7-15)14-11(17)9-2-3-10(20-9)16(18)19/h2-3H,4-7H2,1H3,(H,14,17). The van der Waals surface area contributed by atoms with Crippen LogP contribution in [0, 0.1) is 21.4 Å². The van der Waals surface area contributed by atoms with Gasteiger partial charge in [0, 0.05) is 13.1 Å². The van der Waals surface area contributed by atoms with Crippen LogP contribution in [0.15, 0.2) is 16.5 Å². The van der Waals surface area contributed by atoms with Gasteiger partial charge in [-0.3, -0.25) is 14.9 Å². The molecule has 106 valence electrons. The molecule has 0 unspecified atom stereocenters. The van der Waals surface area contributed by atoms with E-state index in [2.05, 4.69) is 16.3 Å². The molecule has 20 heavy (non-hydrogen) atoms. The molecular formula is C12H14N4O4. The van der Waals surface area contributed by atoms with E-state index in [9.17, 15) is 20.2 Å². The molecule has 0 saturated carbocycles. The van der Waals surface area contributed by atoms with Gasteiger partial charge in [0.15, 0.2) is 5.76 Å². The molecule has 8 nitrogen and oxygen atoms in total. The highest BCUT2D eigenvalue weighted by atomic mass is 16.6. The van der Waals surface area contributed by atoms with Gasteiger partial charge in [0.25, 0.3) is 5.91 Å². The molecule has 0 bridgehead atoms. The van der Waals surface area contributed by atoms with Gasteiger partial charge in [0.2, 0.25) is 0 Å². The Hall–Kier alpha value is -2.40. The molecule has 1 aliphatic heterocycles. The summed E-state index contributed by atoms with van der Waals surface area (Å²) in [7, 11) is 1.94. The summed E-state index contributed by atoms with van der Waals surface area (Å²) in [6, 6.07) is 4.48. The summed E-state index contributed by atoms with van der Waals surface area (Å²) in [4.78, 5) is 23.9. The second-order valence-corrected chi connectivity index (χ2v) is 4.85. The highest BCUT2D eigenvalue weighted by molar-refractivity contribution is 5.92. The minimum absolute atomic E-state index is 0.162. The number of amides is 1. The van der Waals surface area contributed by atoms with Crippen LogP contribution >= 0.6 is 0 Å². The van der Waals surface area contributed by atoms with Crippen molar-refractivity contribution in [3.8, 4) is 6.07 Å². The van der Waals surface area contributed by atoms with Gasteiger partial charge in [-0.25, -0.2) is 0 Å². The predicted molar refractivity (Wildman–Crippen MR) is 67.9 cm³/mol. The molecule has 2 rings (SSSR count). The number of rotatable bonds is 3. The summed E-state index contributed by atoms with van der Waals surface area (Å²) in [5.74, 6) is -1.26. The van der Waals surface area contributed by atoms with E-state index >= 15 is 0 Å². The number of nitrogens with zero attached hydrogens (tertiary/aromatic N) is 3. The lowest BCUT2D eigenvalue weighted by molar-refractivity contribution is -0.402. The maximum atomic E-state index is 12.0. The summed E-state index contributed by atoms with van der Waals surface area (Å²) < 4.78 is 4.83. The number of likely N-dealkylation sites (tertiary alicyclic amines) is 1.